The van der Waals surface area contributed by atoms with Gasteiger partial charge in [-0.25, -0.2) is 0 Å². The Labute approximate surface area is 171 Å². The van der Waals surface area contributed by atoms with Gasteiger partial charge in [-0.2, -0.15) is 0 Å². The number of fused-ring (bicyclic) bond motifs is 1. The molecule has 1 aliphatic carbocycles. The van der Waals surface area contributed by atoms with Gasteiger partial charge in [0.1, 0.15) is 5.00 Å². The summed E-state index contributed by atoms with van der Waals surface area (Å²) in [6.07, 6.45) is 2.25. The van der Waals surface area contributed by atoms with Crippen LogP contribution in [0.5, 0.6) is 0 Å². The zero-order valence-electron chi connectivity index (χ0n) is 15.4. The summed E-state index contributed by atoms with van der Waals surface area (Å²) in [5.41, 5.74) is 2.07. The van der Waals surface area contributed by atoms with Gasteiger partial charge in [-0.1, -0.05) is 18.5 Å². The molecule has 3 N–H and O–H groups in total. The first-order valence-corrected chi connectivity index (χ1v) is 10.3. The summed E-state index contributed by atoms with van der Waals surface area (Å²) in [4.78, 5) is 37.0. The Morgan fingerprint density at radius 3 is 2.57 bits per heavy atom. The van der Waals surface area contributed by atoms with Gasteiger partial charge in [-0.3, -0.25) is 14.4 Å². The van der Waals surface area contributed by atoms with E-state index in [1.165, 1.54) is 11.3 Å². The number of hydrogen-bond donors (Lipinski definition) is 3. The third-order valence-corrected chi connectivity index (χ3v) is 6.08. The van der Waals surface area contributed by atoms with Crippen LogP contribution in [0.25, 0.3) is 0 Å². The molecule has 2 aromatic rings. The lowest BCUT2D eigenvalue weighted by molar-refractivity contribution is -0.138. The molecule has 3 rings (SSSR count). The number of aliphatic carboxylic acids is 1. The van der Waals surface area contributed by atoms with E-state index in [2.05, 4.69) is 17.6 Å². The monoisotopic (exact) mass is 420 g/mol. The topological polar surface area (TPSA) is 95.5 Å². The SMILES string of the molecule is C[C@H]1CCc2c(sc(NC(=O)CCC(=O)O)c2C(=O)Nc2ccc(Cl)cc2)C1. The minimum Gasteiger partial charge on any atom is -0.481 e. The van der Waals surface area contributed by atoms with Crippen molar-refractivity contribution in [1.29, 1.82) is 0 Å². The Bertz CT molecular complexity index is 908. The first-order chi connectivity index (χ1) is 13.3. The van der Waals surface area contributed by atoms with Crippen molar-refractivity contribution in [3.05, 3.63) is 45.3 Å². The van der Waals surface area contributed by atoms with Gasteiger partial charge in [0, 0.05) is 22.0 Å². The number of carbonyl (C=O) groups is 3. The highest BCUT2D eigenvalue weighted by atomic mass is 35.5. The predicted octanol–water partition coefficient (Wildman–Crippen LogP) is 4.58. The molecule has 0 saturated heterocycles. The van der Waals surface area contributed by atoms with Crippen LogP contribution < -0.4 is 10.6 Å². The first kappa shape index (κ1) is 20.4. The van der Waals surface area contributed by atoms with Crippen LogP contribution in [0.4, 0.5) is 10.7 Å². The summed E-state index contributed by atoms with van der Waals surface area (Å²) in [5, 5.41) is 15.4. The lowest BCUT2D eigenvalue weighted by atomic mass is 9.88. The number of hydrogen-bond acceptors (Lipinski definition) is 4. The largest absolute Gasteiger partial charge is 0.481 e. The number of benzene rings is 1. The minimum atomic E-state index is -1.03. The third kappa shape index (κ3) is 4.91. The molecule has 6 nitrogen and oxygen atoms in total. The maximum atomic E-state index is 13.0. The summed E-state index contributed by atoms with van der Waals surface area (Å²) in [5.74, 6) is -1.21. The maximum Gasteiger partial charge on any atom is 0.303 e. The molecule has 0 radical (unpaired) electrons. The standard InChI is InChI=1S/C20H21ClN2O4S/c1-11-2-7-14-15(10-11)28-20(23-16(24)8-9-17(25)26)18(14)19(27)22-13-5-3-12(21)4-6-13/h3-6,11H,2,7-10H2,1H3,(H,22,27)(H,23,24)(H,25,26)/t11-/m0/s1. The lowest BCUT2D eigenvalue weighted by Crippen LogP contribution is -2.19. The Balaban J connectivity index is 1.86. The van der Waals surface area contributed by atoms with Crippen LogP contribution >= 0.6 is 22.9 Å². The fraction of sp³-hybridized carbons (Fsp3) is 0.350. The van der Waals surface area contributed by atoms with Crippen LogP contribution in [0.2, 0.25) is 5.02 Å². The average Bonchev–Trinajstić information content (AvgIpc) is 2.98. The molecule has 0 aliphatic heterocycles. The van der Waals surface area contributed by atoms with Gasteiger partial charge >= 0.3 is 5.97 Å². The molecule has 1 aromatic carbocycles. The summed E-state index contributed by atoms with van der Waals surface area (Å²) in [7, 11) is 0. The Morgan fingerprint density at radius 1 is 1.18 bits per heavy atom. The van der Waals surface area contributed by atoms with E-state index in [-0.39, 0.29) is 18.7 Å². The Kier molecular flexibility index (Phi) is 6.36. The zero-order valence-corrected chi connectivity index (χ0v) is 17.0. The molecule has 0 spiro atoms. The van der Waals surface area contributed by atoms with Crippen LogP contribution in [0.15, 0.2) is 24.3 Å². The molecule has 0 bridgehead atoms. The molecular formula is C20H21ClN2O4S. The van der Waals surface area contributed by atoms with Crippen LogP contribution in [0, 0.1) is 5.92 Å². The highest BCUT2D eigenvalue weighted by Gasteiger charge is 2.28. The number of anilines is 2. The lowest BCUT2D eigenvalue weighted by Gasteiger charge is -2.18. The summed E-state index contributed by atoms with van der Waals surface area (Å²) < 4.78 is 0. The van der Waals surface area contributed by atoms with E-state index in [4.69, 9.17) is 16.7 Å². The van der Waals surface area contributed by atoms with Crippen LogP contribution in [-0.2, 0) is 22.4 Å². The second-order valence-corrected chi connectivity index (χ2v) is 8.50. The molecule has 0 unspecified atom stereocenters. The van der Waals surface area contributed by atoms with Crippen LogP contribution in [0.3, 0.4) is 0 Å². The summed E-state index contributed by atoms with van der Waals surface area (Å²) in [6.45, 7) is 2.17. The molecule has 1 aromatic heterocycles. The van der Waals surface area contributed by atoms with E-state index in [1.807, 2.05) is 0 Å². The van der Waals surface area contributed by atoms with Gasteiger partial charge < -0.3 is 15.7 Å². The van der Waals surface area contributed by atoms with Gasteiger partial charge in [-0.15, -0.1) is 11.3 Å². The van der Waals surface area contributed by atoms with Crippen LogP contribution in [0.1, 0.15) is 47.0 Å². The quantitative estimate of drug-likeness (QED) is 0.637. The van der Waals surface area contributed by atoms with Gasteiger partial charge in [0.15, 0.2) is 0 Å². The zero-order chi connectivity index (χ0) is 20.3. The highest BCUT2D eigenvalue weighted by molar-refractivity contribution is 7.17. The smallest absolute Gasteiger partial charge is 0.303 e. The molecule has 2 amide bonds. The molecular weight excluding hydrogens is 400 g/mol. The number of carbonyl (C=O) groups excluding carboxylic acids is 2. The van der Waals surface area contributed by atoms with E-state index in [1.54, 1.807) is 24.3 Å². The van der Waals surface area contributed by atoms with Gasteiger partial charge in [0.05, 0.1) is 12.0 Å². The van der Waals surface area contributed by atoms with E-state index in [0.29, 0.717) is 27.2 Å². The van der Waals surface area contributed by atoms with E-state index in [9.17, 15) is 14.4 Å². The van der Waals surface area contributed by atoms with Crippen molar-refractivity contribution in [3.63, 3.8) is 0 Å². The molecule has 0 fully saturated rings. The molecule has 148 valence electrons. The molecule has 0 saturated carbocycles. The van der Waals surface area contributed by atoms with Crippen molar-refractivity contribution in [3.8, 4) is 0 Å². The summed E-state index contributed by atoms with van der Waals surface area (Å²) >= 11 is 7.30. The molecule has 1 heterocycles. The Morgan fingerprint density at radius 2 is 1.89 bits per heavy atom. The van der Waals surface area contributed by atoms with E-state index in [0.717, 1.165) is 29.7 Å². The minimum absolute atomic E-state index is 0.132. The van der Waals surface area contributed by atoms with Gasteiger partial charge in [-0.05, 0) is 55.0 Å². The van der Waals surface area contributed by atoms with Crippen LogP contribution in [-0.4, -0.2) is 22.9 Å². The van der Waals surface area contributed by atoms with E-state index < -0.39 is 11.9 Å². The van der Waals surface area contributed by atoms with Gasteiger partial charge in [0.2, 0.25) is 5.91 Å². The van der Waals surface area contributed by atoms with Crippen molar-refractivity contribution >= 4 is 51.4 Å². The number of carboxylic acids is 1. The average molecular weight is 421 g/mol. The molecule has 28 heavy (non-hydrogen) atoms. The maximum absolute atomic E-state index is 13.0. The second-order valence-electron chi connectivity index (χ2n) is 6.96. The first-order valence-electron chi connectivity index (χ1n) is 9.06. The normalized spacial score (nSPS) is 15.6. The number of amides is 2. The van der Waals surface area contributed by atoms with Gasteiger partial charge in [0.25, 0.3) is 5.91 Å². The number of nitrogens with one attached hydrogen (secondary N) is 2. The Hall–Kier alpha value is -2.38. The van der Waals surface area contributed by atoms with Crippen molar-refractivity contribution in [2.24, 2.45) is 5.92 Å². The van der Waals surface area contributed by atoms with Crippen molar-refractivity contribution in [2.45, 2.75) is 39.0 Å². The number of halogens is 1. The third-order valence-electron chi connectivity index (χ3n) is 4.66. The second kappa shape index (κ2) is 8.75. The van der Waals surface area contributed by atoms with Crippen molar-refractivity contribution in [2.75, 3.05) is 10.6 Å². The number of rotatable bonds is 6. The fourth-order valence-electron chi connectivity index (χ4n) is 3.22. The predicted molar refractivity (Wildman–Crippen MR) is 110 cm³/mol. The highest BCUT2D eigenvalue weighted by Crippen LogP contribution is 2.40. The van der Waals surface area contributed by atoms with Crippen molar-refractivity contribution < 1.29 is 19.5 Å². The molecule has 1 aliphatic rings. The summed E-state index contributed by atoms with van der Waals surface area (Å²) in [6, 6.07) is 6.81. The molecule has 8 heteroatoms. The van der Waals surface area contributed by atoms with Crippen molar-refractivity contribution in [1.82, 2.24) is 0 Å². The fourth-order valence-corrected chi connectivity index (χ4v) is 4.77. The molecule has 1 atom stereocenters. The number of carboxylic acid groups (broad SMARTS) is 1. The number of thiophene rings is 1. The van der Waals surface area contributed by atoms with E-state index >= 15 is 0 Å².